The molecule has 1 aromatic heterocycles. The molecule has 0 saturated carbocycles. The molecule has 0 radical (unpaired) electrons. The van der Waals surface area contributed by atoms with E-state index in [4.69, 9.17) is 9.47 Å². The normalized spacial score (nSPS) is 22.0. The molecular formula is C19H19NO5. The maximum Gasteiger partial charge on any atom is 0.339 e. The zero-order valence-electron chi connectivity index (χ0n) is 13.9. The van der Waals surface area contributed by atoms with Crippen molar-refractivity contribution in [3.8, 4) is 5.75 Å². The van der Waals surface area contributed by atoms with Crippen LogP contribution >= 0.6 is 0 Å². The van der Waals surface area contributed by atoms with Crippen molar-refractivity contribution >= 4 is 5.97 Å². The van der Waals surface area contributed by atoms with Crippen molar-refractivity contribution in [1.82, 2.24) is 4.57 Å². The van der Waals surface area contributed by atoms with E-state index < -0.39 is 12.1 Å². The van der Waals surface area contributed by atoms with Gasteiger partial charge in [-0.1, -0.05) is 18.2 Å². The van der Waals surface area contributed by atoms with Crippen molar-refractivity contribution in [3.05, 3.63) is 63.1 Å². The van der Waals surface area contributed by atoms with Gasteiger partial charge in [0.2, 0.25) is 0 Å². The second-order valence-electron chi connectivity index (χ2n) is 6.51. The molecule has 0 amide bonds. The van der Waals surface area contributed by atoms with Gasteiger partial charge in [-0.15, -0.1) is 0 Å². The summed E-state index contributed by atoms with van der Waals surface area (Å²) in [7, 11) is 0. The third-order valence-electron chi connectivity index (χ3n) is 4.88. The highest BCUT2D eigenvalue weighted by molar-refractivity contribution is 5.94. The fraction of sp³-hybridized carbons (Fsp3) is 0.368. The van der Waals surface area contributed by atoms with Crippen LogP contribution in [0.15, 0.2) is 35.1 Å². The number of ether oxygens (including phenoxy) is 2. The molecule has 2 aromatic rings. The summed E-state index contributed by atoms with van der Waals surface area (Å²) in [5.41, 5.74) is 1.44. The van der Waals surface area contributed by atoms with Gasteiger partial charge in [-0.2, -0.15) is 0 Å². The molecule has 1 aromatic carbocycles. The number of carbonyl (C=O) groups is 1. The van der Waals surface area contributed by atoms with Crippen LogP contribution in [-0.2, 0) is 16.0 Å². The fourth-order valence-corrected chi connectivity index (χ4v) is 3.59. The molecule has 0 unspecified atom stereocenters. The monoisotopic (exact) mass is 341 g/mol. The van der Waals surface area contributed by atoms with Crippen LogP contribution in [0.25, 0.3) is 0 Å². The van der Waals surface area contributed by atoms with E-state index in [1.807, 2.05) is 0 Å². The Morgan fingerprint density at radius 1 is 1.28 bits per heavy atom. The number of rotatable bonds is 3. The maximum atomic E-state index is 13.1. The lowest BCUT2D eigenvalue weighted by Crippen LogP contribution is -2.31. The first-order valence-electron chi connectivity index (χ1n) is 8.41. The van der Waals surface area contributed by atoms with Crippen molar-refractivity contribution in [2.75, 3.05) is 6.61 Å². The standard InChI is InChI=1S/C19H19NO5/c1-11-9-15(21)16(18(22)20(11)10-12-5-4-8-24-12)17-13-6-2-3-7-14(13)19(23)25-17/h2-3,6-7,9,12,17,21H,4-5,8,10H2,1H3/t12-,17-/m1/s1. The number of pyridine rings is 1. The van der Waals surface area contributed by atoms with Crippen molar-refractivity contribution in [3.63, 3.8) is 0 Å². The van der Waals surface area contributed by atoms with Gasteiger partial charge >= 0.3 is 5.97 Å². The molecule has 6 heteroatoms. The highest BCUT2D eigenvalue weighted by atomic mass is 16.5. The summed E-state index contributed by atoms with van der Waals surface area (Å²) in [5, 5.41) is 10.4. The van der Waals surface area contributed by atoms with Crippen molar-refractivity contribution in [1.29, 1.82) is 0 Å². The first kappa shape index (κ1) is 15.9. The van der Waals surface area contributed by atoms with E-state index in [0.717, 1.165) is 12.8 Å². The second-order valence-corrected chi connectivity index (χ2v) is 6.51. The number of fused-ring (bicyclic) bond motifs is 1. The quantitative estimate of drug-likeness (QED) is 0.867. The molecule has 1 fully saturated rings. The van der Waals surface area contributed by atoms with E-state index in [1.165, 1.54) is 0 Å². The number of carbonyl (C=O) groups excluding carboxylic acids is 1. The number of benzene rings is 1. The molecule has 3 heterocycles. The van der Waals surface area contributed by atoms with E-state index in [-0.39, 0.29) is 23.0 Å². The lowest BCUT2D eigenvalue weighted by Gasteiger charge is -2.19. The lowest BCUT2D eigenvalue weighted by molar-refractivity contribution is 0.0448. The van der Waals surface area contributed by atoms with Crippen molar-refractivity contribution < 1.29 is 19.4 Å². The smallest absolute Gasteiger partial charge is 0.339 e. The minimum atomic E-state index is -0.882. The number of esters is 1. The van der Waals surface area contributed by atoms with Gasteiger partial charge in [0.25, 0.3) is 5.56 Å². The predicted molar refractivity (Wildman–Crippen MR) is 89.8 cm³/mol. The molecule has 0 bridgehead atoms. The molecule has 25 heavy (non-hydrogen) atoms. The van der Waals surface area contributed by atoms with Crippen LogP contribution < -0.4 is 5.56 Å². The third kappa shape index (κ3) is 2.62. The number of aromatic nitrogens is 1. The minimum Gasteiger partial charge on any atom is -0.507 e. The zero-order valence-corrected chi connectivity index (χ0v) is 13.9. The summed E-state index contributed by atoms with van der Waals surface area (Å²) < 4.78 is 12.6. The maximum absolute atomic E-state index is 13.1. The van der Waals surface area contributed by atoms with E-state index in [1.54, 1.807) is 41.8 Å². The molecule has 4 rings (SSSR count). The third-order valence-corrected chi connectivity index (χ3v) is 4.88. The van der Waals surface area contributed by atoms with Crippen LogP contribution in [0.2, 0.25) is 0 Å². The van der Waals surface area contributed by atoms with Gasteiger partial charge < -0.3 is 19.1 Å². The van der Waals surface area contributed by atoms with Crippen LogP contribution in [-0.4, -0.2) is 28.4 Å². The van der Waals surface area contributed by atoms with Gasteiger partial charge in [0.05, 0.1) is 18.2 Å². The molecule has 0 spiro atoms. The summed E-state index contributed by atoms with van der Waals surface area (Å²) in [5.74, 6) is -0.633. The van der Waals surface area contributed by atoms with Crippen molar-refractivity contribution in [2.24, 2.45) is 0 Å². The summed E-state index contributed by atoms with van der Waals surface area (Å²) >= 11 is 0. The Morgan fingerprint density at radius 3 is 2.84 bits per heavy atom. The Kier molecular flexibility index (Phi) is 3.84. The lowest BCUT2D eigenvalue weighted by atomic mass is 9.99. The number of hydrogen-bond donors (Lipinski definition) is 1. The van der Waals surface area contributed by atoms with Gasteiger partial charge in [-0.3, -0.25) is 4.79 Å². The SMILES string of the molecule is Cc1cc(O)c([C@@H]2OC(=O)c3ccccc32)c(=O)n1C[C@H]1CCCO1. The molecule has 0 aliphatic carbocycles. The minimum absolute atomic E-state index is 0.00722. The first-order chi connectivity index (χ1) is 12.1. The summed E-state index contributed by atoms with van der Waals surface area (Å²) in [4.78, 5) is 25.1. The second kappa shape index (κ2) is 6.04. The highest BCUT2D eigenvalue weighted by Crippen LogP contribution is 2.37. The Morgan fingerprint density at radius 2 is 2.08 bits per heavy atom. The predicted octanol–water partition coefficient (Wildman–Crippen LogP) is 2.30. The number of hydrogen-bond acceptors (Lipinski definition) is 5. The molecular weight excluding hydrogens is 322 g/mol. The van der Waals surface area contributed by atoms with E-state index in [2.05, 4.69) is 0 Å². The number of aromatic hydroxyl groups is 1. The van der Waals surface area contributed by atoms with Gasteiger partial charge in [-0.05, 0) is 31.9 Å². The van der Waals surface area contributed by atoms with Crippen LogP contribution in [0.1, 0.15) is 46.1 Å². The van der Waals surface area contributed by atoms with E-state index >= 15 is 0 Å². The summed E-state index contributed by atoms with van der Waals surface area (Å²) in [6, 6.07) is 8.47. The number of nitrogens with zero attached hydrogens (tertiary/aromatic N) is 1. The van der Waals surface area contributed by atoms with Gasteiger partial charge in [-0.25, -0.2) is 4.79 Å². The Balaban J connectivity index is 1.80. The highest BCUT2D eigenvalue weighted by Gasteiger charge is 2.36. The topological polar surface area (TPSA) is 77.8 Å². The molecule has 2 aliphatic heterocycles. The Bertz CT molecular complexity index is 895. The summed E-state index contributed by atoms with van der Waals surface area (Å²) in [6.07, 6.45) is 1.00. The number of aryl methyl sites for hydroxylation is 1. The fourth-order valence-electron chi connectivity index (χ4n) is 3.59. The van der Waals surface area contributed by atoms with Crippen LogP contribution in [0.4, 0.5) is 0 Å². The summed E-state index contributed by atoms with van der Waals surface area (Å²) in [6.45, 7) is 2.91. The zero-order chi connectivity index (χ0) is 17.6. The molecule has 2 atom stereocenters. The molecule has 1 saturated heterocycles. The van der Waals surface area contributed by atoms with Crippen LogP contribution in [0.5, 0.6) is 5.75 Å². The van der Waals surface area contributed by atoms with Gasteiger partial charge in [0, 0.05) is 17.9 Å². The van der Waals surface area contributed by atoms with Crippen LogP contribution in [0, 0.1) is 6.92 Å². The average Bonchev–Trinajstić information content (AvgIpc) is 3.21. The number of cyclic esters (lactones) is 1. The molecule has 6 nitrogen and oxygen atoms in total. The van der Waals surface area contributed by atoms with Gasteiger partial charge in [0.1, 0.15) is 11.3 Å². The first-order valence-corrected chi connectivity index (χ1v) is 8.41. The Hall–Kier alpha value is -2.60. The van der Waals surface area contributed by atoms with E-state index in [0.29, 0.717) is 30.0 Å². The largest absolute Gasteiger partial charge is 0.507 e. The van der Waals surface area contributed by atoms with E-state index in [9.17, 15) is 14.7 Å². The Labute approximate surface area is 144 Å². The molecule has 1 N–H and O–H groups in total. The molecule has 130 valence electrons. The average molecular weight is 341 g/mol. The van der Waals surface area contributed by atoms with Crippen molar-refractivity contribution in [2.45, 2.75) is 38.5 Å². The molecule has 2 aliphatic rings. The van der Waals surface area contributed by atoms with Crippen LogP contribution in [0.3, 0.4) is 0 Å². The van der Waals surface area contributed by atoms with Gasteiger partial charge in [0.15, 0.2) is 6.10 Å².